The predicted molar refractivity (Wildman–Crippen MR) is 110 cm³/mol. The van der Waals surface area contributed by atoms with Crippen LogP contribution in [0.2, 0.25) is 5.02 Å². The third-order valence-corrected chi connectivity index (χ3v) is 5.06. The highest BCUT2D eigenvalue weighted by Crippen LogP contribution is 2.24. The number of likely N-dealkylation sites (tertiary alicyclic amines) is 1. The lowest BCUT2D eigenvalue weighted by atomic mass is 10.1. The van der Waals surface area contributed by atoms with Crippen molar-refractivity contribution in [2.75, 3.05) is 30.3 Å². The Hall–Kier alpha value is -3.46. The quantitative estimate of drug-likeness (QED) is 0.722. The number of nitrogens with one attached hydrogen (secondary N) is 1. The van der Waals surface area contributed by atoms with E-state index in [9.17, 15) is 14.4 Å². The van der Waals surface area contributed by atoms with E-state index in [-0.39, 0.29) is 28.8 Å². The van der Waals surface area contributed by atoms with Crippen molar-refractivity contribution in [3.8, 4) is 5.88 Å². The zero-order valence-corrected chi connectivity index (χ0v) is 16.3. The fraction of sp³-hybridized carbons (Fsp3) is 0.250. The number of ether oxygens (including phenoxy) is 1. The summed E-state index contributed by atoms with van der Waals surface area (Å²) < 4.78 is 26.3. The number of anilines is 2. The lowest BCUT2D eigenvalue weighted by molar-refractivity contribution is -0.119. The summed E-state index contributed by atoms with van der Waals surface area (Å²) in [7, 11) is -2.70. The van der Waals surface area contributed by atoms with Crippen molar-refractivity contribution in [1.82, 2.24) is 14.9 Å². The summed E-state index contributed by atoms with van der Waals surface area (Å²) in [4.78, 5) is 47.2. The van der Waals surface area contributed by atoms with Gasteiger partial charge < -0.3 is 15.0 Å². The van der Waals surface area contributed by atoms with Crippen molar-refractivity contribution in [3.05, 3.63) is 53.2 Å². The Morgan fingerprint density at radius 1 is 1.27 bits per heavy atom. The van der Waals surface area contributed by atoms with E-state index in [2.05, 4.69) is 15.3 Å². The van der Waals surface area contributed by atoms with Crippen LogP contribution in [0.5, 0.6) is 5.88 Å². The van der Waals surface area contributed by atoms with Crippen LogP contribution in [0, 0.1) is 0 Å². The maximum Gasteiger partial charge on any atom is 0.258 e. The molecule has 1 aromatic carbocycles. The number of nitrogens with zero attached hydrogens (tertiary/aromatic N) is 4. The summed E-state index contributed by atoms with van der Waals surface area (Å²) in [5.74, 6) is -1.18. The Morgan fingerprint density at radius 3 is 2.70 bits per heavy atom. The molecule has 0 radical (unpaired) electrons. The van der Waals surface area contributed by atoms with E-state index in [1.807, 2.05) is 0 Å². The van der Waals surface area contributed by atoms with Gasteiger partial charge in [-0.25, -0.2) is 9.88 Å². The van der Waals surface area contributed by atoms with E-state index < -0.39 is 18.9 Å². The Labute approximate surface area is 181 Å². The fourth-order valence-electron chi connectivity index (χ4n) is 3.33. The van der Waals surface area contributed by atoms with Gasteiger partial charge in [0.25, 0.3) is 17.7 Å². The molecule has 0 saturated carbocycles. The molecule has 10 heteroatoms. The molecule has 0 unspecified atom stereocenters. The molecular formula is C20H18ClN5O4. The van der Waals surface area contributed by atoms with Crippen LogP contribution in [0.1, 0.15) is 20.9 Å². The molecule has 3 amide bonds. The van der Waals surface area contributed by atoms with Crippen molar-refractivity contribution in [2.45, 2.75) is 12.5 Å². The van der Waals surface area contributed by atoms with Crippen molar-refractivity contribution in [2.24, 2.45) is 0 Å². The minimum Gasteiger partial charge on any atom is -0.480 e. The number of amides is 3. The third-order valence-electron chi connectivity index (χ3n) is 4.80. The average molecular weight is 431 g/mol. The van der Waals surface area contributed by atoms with Crippen LogP contribution in [0.25, 0.3) is 0 Å². The van der Waals surface area contributed by atoms with Crippen LogP contribution < -0.4 is 15.0 Å². The van der Waals surface area contributed by atoms with Crippen LogP contribution in [0.3, 0.4) is 0 Å². The Bertz CT molecular complexity index is 1120. The molecule has 0 bridgehead atoms. The molecule has 9 nitrogen and oxygen atoms in total. The molecule has 0 spiro atoms. The number of carbonyl (C=O) groups excluding carboxylic acids is 3. The number of rotatable bonds is 5. The number of aromatic nitrogens is 2. The van der Waals surface area contributed by atoms with Gasteiger partial charge in [-0.05, 0) is 30.7 Å². The van der Waals surface area contributed by atoms with E-state index in [0.29, 0.717) is 30.8 Å². The van der Waals surface area contributed by atoms with Gasteiger partial charge in [-0.1, -0.05) is 11.6 Å². The van der Waals surface area contributed by atoms with Crippen LogP contribution in [-0.4, -0.2) is 58.8 Å². The minimum absolute atomic E-state index is 0.0311. The van der Waals surface area contributed by atoms with Gasteiger partial charge in [0, 0.05) is 36.8 Å². The second kappa shape index (κ2) is 8.11. The zero-order chi connectivity index (χ0) is 23.8. The molecule has 3 heterocycles. The number of halogens is 1. The number of hydrogen-bond donors (Lipinski definition) is 1. The second-order valence-electron chi connectivity index (χ2n) is 6.72. The molecule has 1 aromatic heterocycles. The standard InChI is InChI=1S/C20H18ClN5O4/c1-30-18-15(21)10-22-20(24-18)23-13-8-9-25(11-13)19(29)12-2-4-14(5-3-12)26-16(27)6-7-17(26)28/h2-7,10,13H,8-9,11H2,1H3,(H,22,23,24)/t13-/m1/s1/i1D3. The highest BCUT2D eigenvalue weighted by Gasteiger charge is 2.29. The molecule has 0 aliphatic carbocycles. The van der Waals surface area contributed by atoms with E-state index in [4.69, 9.17) is 20.5 Å². The lowest BCUT2D eigenvalue weighted by Crippen LogP contribution is -2.32. The van der Waals surface area contributed by atoms with Gasteiger partial charge in [0.15, 0.2) is 0 Å². The van der Waals surface area contributed by atoms with Gasteiger partial charge in [0.1, 0.15) is 5.02 Å². The van der Waals surface area contributed by atoms with Gasteiger partial charge in [0.05, 0.1) is 23.0 Å². The molecule has 1 saturated heterocycles. The fourth-order valence-corrected chi connectivity index (χ4v) is 3.46. The second-order valence-corrected chi connectivity index (χ2v) is 7.13. The largest absolute Gasteiger partial charge is 0.480 e. The monoisotopic (exact) mass is 430 g/mol. The van der Waals surface area contributed by atoms with Gasteiger partial charge in [0.2, 0.25) is 11.8 Å². The van der Waals surface area contributed by atoms with Crippen LogP contribution in [-0.2, 0) is 9.59 Å². The Kier molecular flexibility index (Phi) is 4.42. The molecule has 1 atom stereocenters. The van der Waals surface area contributed by atoms with Crippen molar-refractivity contribution < 1.29 is 23.2 Å². The number of methoxy groups -OCH3 is 1. The first-order valence-corrected chi connectivity index (χ1v) is 9.42. The predicted octanol–water partition coefficient (Wildman–Crippen LogP) is 1.89. The lowest BCUT2D eigenvalue weighted by Gasteiger charge is -2.18. The Balaban J connectivity index is 1.38. The first-order chi connectivity index (χ1) is 15.6. The molecular weight excluding hydrogens is 410 g/mol. The summed E-state index contributed by atoms with van der Waals surface area (Å²) in [5.41, 5.74) is 0.810. The minimum atomic E-state index is -2.70. The van der Waals surface area contributed by atoms with Crippen LogP contribution in [0.15, 0.2) is 42.6 Å². The maximum atomic E-state index is 12.9. The highest BCUT2D eigenvalue weighted by atomic mass is 35.5. The maximum absolute atomic E-state index is 12.9. The van der Waals surface area contributed by atoms with E-state index >= 15 is 0 Å². The molecule has 1 fully saturated rings. The Morgan fingerprint density at radius 2 is 2.00 bits per heavy atom. The number of imide groups is 1. The number of benzene rings is 1. The summed E-state index contributed by atoms with van der Waals surface area (Å²) >= 11 is 5.90. The van der Waals surface area contributed by atoms with Crippen molar-refractivity contribution in [1.29, 1.82) is 0 Å². The SMILES string of the molecule is [2H]C([2H])([2H])Oc1nc(N[C@@H]2CCN(C(=O)c3ccc(N4C(=O)C=CC4=O)cc3)C2)ncc1Cl. The number of hydrogen-bond acceptors (Lipinski definition) is 7. The molecule has 2 aromatic rings. The summed E-state index contributed by atoms with van der Waals surface area (Å²) in [6.45, 7) is 0.854. The molecule has 2 aliphatic heterocycles. The van der Waals surface area contributed by atoms with Crippen LogP contribution >= 0.6 is 11.6 Å². The molecule has 4 rings (SSSR count). The molecule has 154 valence electrons. The molecule has 2 aliphatic rings. The summed E-state index contributed by atoms with van der Waals surface area (Å²) in [5, 5.41) is 3.03. The van der Waals surface area contributed by atoms with E-state index in [1.165, 1.54) is 18.3 Å². The van der Waals surface area contributed by atoms with E-state index in [0.717, 1.165) is 4.90 Å². The normalized spacial score (nSPS) is 20.2. The van der Waals surface area contributed by atoms with Crippen molar-refractivity contribution >= 4 is 41.0 Å². The zero-order valence-electron chi connectivity index (χ0n) is 18.5. The first-order valence-electron chi connectivity index (χ1n) is 10.5. The van der Waals surface area contributed by atoms with Gasteiger partial charge >= 0.3 is 0 Å². The molecule has 1 N–H and O–H groups in total. The van der Waals surface area contributed by atoms with Crippen molar-refractivity contribution in [3.63, 3.8) is 0 Å². The first kappa shape index (κ1) is 16.3. The number of carbonyl (C=O) groups is 3. The van der Waals surface area contributed by atoms with Gasteiger partial charge in [-0.15, -0.1) is 0 Å². The van der Waals surface area contributed by atoms with Gasteiger partial charge in [-0.2, -0.15) is 4.98 Å². The third kappa shape index (κ3) is 3.84. The summed E-state index contributed by atoms with van der Waals surface area (Å²) in [6.07, 6.45) is 4.25. The smallest absolute Gasteiger partial charge is 0.258 e. The topological polar surface area (TPSA) is 105 Å². The van der Waals surface area contributed by atoms with Crippen LogP contribution in [0.4, 0.5) is 11.6 Å². The average Bonchev–Trinajstić information content (AvgIpc) is 3.35. The highest BCUT2D eigenvalue weighted by molar-refractivity contribution is 6.31. The summed E-state index contributed by atoms with van der Waals surface area (Å²) in [6, 6.07) is 6.07. The van der Waals surface area contributed by atoms with Gasteiger partial charge in [-0.3, -0.25) is 14.4 Å². The molecule has 30 heavy (non-hydrogen) atoms. The van der Waals surface area contributed by atoms with E-state index in [1.54, 1.807) is 29.2 Å².